The second kappa shape index (κ2) is 11.2. The smallest absolute Gasteiger partial charge is 0.300 e. The number of carboxylic acids is 1. The molecule has 0 atom stereocenters. The summed E-state index contributed by atoms with van der Waals surface area (Å²) in [6.45, 7) is 5.08. The van der Waals surface area contributed by atoms with E-state index in [-0.39, 0.29) is 0 Å². The number of carbonyl (C=O) groups is 1. The number of halogens is 1. The van der Waals surface area contributed by atoms with Crippen molar-refractivity contribution in [3.05, 3.63) is 34.8 Å². The largest absolute Gasteiger partial charge is 0.481 e. The Morgan fingerprint density at radius 1 is 1.23 bits per heavy atom. The van der Waals surface area contributed by atoms with Gasteiger partial charge in [-0.3, -0.25) is 4.79 Å². The minimum Gasteiger partial charge on any atom is -0.481 e. The third-order valence-electron chi connectivity index (χ3n) is 0.733. The molecule has 13 heavy (non-hydrogen) atoms. The average molecular weight is 247 g/mol. The number of rotatable bonds is 0. The van der Waals surface area contributed by atoms with Gasteiger partial charge >= 0.3 is 0 Å². The minimum atomic E-state index is -0.833. The van der Waals surface area contributed by atoms with Crippen LogP contribution in [-0.4, -0.2) is 11.1 Å². The maximum atomic E-state index is 9.00. The number of hydrogen-bond acceptors (Lipinski definition) is 1. The first-order chi connectivity index (χ1) is 6.13. The molecule has 0 heterocycles. The molecule has 0 aliphatic heterocycles. The van der Waals surface area contributed by atoms with Gasteiger partial charge in [-0.05, 0) is 12.1 Å². The van der Waals surface area contributed by atoms with E-state index in [1.165, 1.54) is 0 Å². The zero-order chi connectivity index (χ0) is 10.7. The summed E-state index contributed by atoms with van der Waals surface area (Å²) in [4.78, 5) is 9.00. The van der Waals surface area contributed by atoms with Crippen LogP contribution in [-0.2, 0) is 4.79 Å². The van der Waals surface area contributed by atoms with E-state index in [2.05, 4.69) is 15.9 Å². The second-order valence-electron chi connectivity index (χ2n) is 1.81. The summed E-state index contributed by atoms with van der Waals surface area (Å²) in [5.74, 6) is -0.833. The summed E-state index contributed by atoms with van der Waals surface area (Å²) >= 11 is 3.31. The van der Waals surface area contributed by atoms with Gasteiger partial charge in [0.15, 0.2) is 0 Å². The normalized spacial score (nSPS) is 7.08. The standard InChI is InChI=1S/C6H5Br.C2H4O2.C2H6/c7-6-4-2-1-3-5-6;1-2(3)4;1-2/h1-5H;1H3,(H,3,4);1-2H3. The Labute approximate surface area is 87.7 Å². The molecule has 0 aliphatic carbocycles. The van der Waals surface area contributed by atoms with Crippen molar-refractivity contribution in [3.8, 4) is 0 Å². The van der Waals surface area contributed by atoms with E-state index in [1.807, 2.05) is 44.2 Å². The lowest BCUT2D eigenvalue weighted by atomic mass is 10.4. The van der Waals surface area contributed by atoms with Gasteiger partial charge in [0.2, 0.25) is 0 Å². The van der Waals surface area contributed by atoms with Crippen LogP contribution in [0.3, 0.4) is 0 Å². The van der Waals surface area contributed by atoms with Gasteiger partial charge in [0, 0.05) is 11.4 Å². The molecule has 1 rings (SSSR count). The van der Waals surface area contributed by atoms with Crippen LogP contribution >= 0.6 is 15.9 Å². The van der Waals surface area contributed by atoms with Crippen molar-refractivity contribution < 1.29 is 9.90 Å². The monoisotopic (exact) mass is 246 g/mol. The highest BCUT2D eigenvalue weighted by molar-refractivity contribution is 9.10. The molecular formula is C10H15BrO2. The van der Waals surface area contributed by atoms with E-state index in [0.29, 0.717) is 0 Å². The fourth-order valence-electron chi connectivity index (χ4n) is 0.415. The quantitative estimate of drug-likeness (QED) is 0.760. The fraction of sp³-hybridized carbons (Fsp3) is 0.300. The minimum absolute atomic E-state index is 0.833. The predicted octanol–water partition coefficient (Wildman–Crippen LogP) is 3.57. The fourth-order valence-corrected chi connectivity index (χ4v) is 0.720. The third kappa shape index (κ3) is 18.3. The first kappa shape index (κ1) is 14.7. The highest BCUT2D eigenvalue weighted by atomic mass is 79.9. The lowest BCUT2D eigenvalue weighted by Gasteiger charge is -1.80. The topological polar surface area (TPSA) is 37.3 Å². The summed E-state index contributed by atoms with van der Waals surface area (Å²) < 4.78 is 1.13. The van der Waals surface area contributed by atoms with Crippen molar-refractivity contribution in [1.29, 1.82) is 0 Å². The molecule has 0 saturated carbocycles. The highest BCUT2D eigenvalue weighted by Gasteiger charge is 1.74. The van der Waals surface area contributed by atoms with Crippen LogP contribution in [0.15, 0.2) is 34.8 Å². The van der Waals surface area contributed by atoms with Crippen LogP contribution < -0.4 is 0 Å². The molecule has 1 N–H and O–H groups in total. The zero-order valence-electron chi connectivity index (χ0n) is 8.12. The van der Waals surface area contributed by atoms with E-state index < -0.39 is 5.97 Å². The lowest BCUT2D eigenvalue weighted by Crippen LogP contribution is -1.78. The lowest BCUT2D eigenvalue weighted by molar-refractivity contribution is -0.134. The Balaban J connectivity index is 0. The van der Waals surface area contributed by atoms with Crippen LogP contribution in [0.25, 0.3) is 0 Å². The summed E-state index contributed by atoms with van der Waals surface area (Å²) in [7, 11) is 0. The second-order valence-corrected chi connectivity index (χ2v) is 2.73. The summed E-state index contributed by atoms with van der Waals surface area (Å²) in [5.41, 5.74) is 0. The van der Waals surface area contributed by atoms with Gasteiger partial charge in [0.25, 0.3) is 5.97 Å². The van der Waals surface area contributed by atoms with E-state index in [1.54, 1.807) is 0 Å². The first-order valence-electron chi connectivity index (χ1n) is 4.03. The Bertz CT molecular complexity index is 205. The molecule has 0 saturated heterocycles. The van der Waals surface area contributed by atoms with E-state index >= 15 is 0 Å². The van der Waals surface area contributed by atoms with Crippen molar-refractivity contribution >= 4 is 21.9 Å². The molecule has 0 spiro atoms. The molecule has 0 amide bonds. The SMILES string of the molecule is Brc1ccccc1.CC.CC(=O)O. The summed E-state index contributed by atoms with van der Waals surface area (Å²) in [5, 5.41) is 7.42. The van der Waals surface area contributed by atoms with Crippen molar-refractivity contribution in [2.24, 2.45) is 0 Å². The van der Waals surface area contributed by atoms with Crippen LogP contribution in [0.4, 0.5) is 0 Å². The zero-order valence-corrected chi connectivity index (χ0v) is 9.71. The van der Waals surface area contributed by atoms with E-state index in [0.717, 1.165) is 11.4 Å². The van der Waals surface area contributed by atoms with Crippen molar-refractivity contribution in [3.63, 3.8) is 0 Å². The predicted molar refractivity (Wildman–Crippen MR) is 58.8 cm³/mol. The maximum absolute atomic E-state index is 9.00. The van der Waals surface area contributed by atoms with Crippen LogP contribution in [0.1, 0.15) is 20.8 Å². The molecular weight excluding hydrogens is 232 g/mol. The van der Waals surface area contributed by atoms with Crippen LogP contribution in [0.2, 0.25) is 0 Å². The van der Waals surface area contributed by atoms with E-state index in [4.69, 9.17) is 9.90 Å². The number of hydrogen-bond donors (Lipinski definition) is 1. The van der Waals surface area contributed by atoms with Crippen molar-refractivity contribution in [2.45, 2.75) is 20.8 Å². The molecule has 2 nitrogen and oxygen atoms in total. The Morgan fingerprint density at radius 3 is 1.69 bits per heavy atom. The Kier molecular flexibility index (Phi) is 12.6. The maximum Gasteiger partial charge on any atom is 0.300 e. The molecule has 74 valence electrons. The van der Waals surface area contributed by atoms with Crippen molar-refractivity contribution in [1.82, 2.24) is 0 Å². The van der Waals surface area contributed by atoms with E-state index in [9.17, 15) is 0 Å². The first-order valence-corrected chi connectivity index (χ1v) is 4.82. The highest BCUT2D eigenvalue weighted by Crippen LogP contribution is 2.05. The summed E-state index contributed by atoms with van der Waals surface area (Å²) in [6, 6.07) is 9.97. The molecule has 0 bridgehead atoms. The van der Waals surface area contributed by atoms with Gasteiger partial charge in [-0.1, -0.05) is 48.0 Å². The average Bonchev–Trinajstić information content (AvgIpc) is 2.08. The molecule has 0 fully saturated rings. The number of aliphatic carboxylic acids is 1. The molecule has 0 aliphatic rings. The van der Waals surface area contributed by atoms with Gasteiger partial charge in [-0.2, -0.15) is 0 Å². The van der Waals surface area contributed by atoms with Crippen LogP contribution in [0, 0.1) is 0 Å². The molecule has 0 unspecified atom stereocenters. The molecule has 1 aromatic rings. The number of carboxylic acid groups (broad SMARTS) is 1. The van der Waals surface area contributed by atoms with Gasteiger partial charge in [0.1, 0.15) is 0 Å². The van der Waals surface area contributed by atoms with Crippen molar-refractivity contribution in [2.75, 3.05) is 0 Å². The third-order valence-corrected chi connectivity index (χ3v) is 1.26. The summed E-state index contributed by atoms with van der Waals surface area (Å²) in [6.07, 6.45) is 0. The van der Waals surface area contributed by atoms with Gasteiger partial charge < -0.3 is 5.11 Å². The van der Waals surface area contributed by atoms with Gasteiger partial charge in [0.05, 0.1) is 0 Å². The Morgan fingerprint density at radius 2 is 1.54 bits per heavy atom. The van der Waals surface area contributed by atoms with Crippen LogP contribution in [0.5, 0.6) is 0 Å². The number of benzene rings is 1. The Hall–Kier alpha value is -0.830. The van der Waals surface area contributed by atoms with Gasteiger partial charge in [-0.25, -0.2) is 0 Å². The molecule has 1 aromatic carbocycles. The van der Waals surface area contributed by atoms with Gasteiger partial charge in [-0.15, -0.1) is 0 Å². The molecule has 3 heteroatoms. The molecule has 0 radical (unpaired) electrons. The molecule has 0 aromatic heterocycles.